The van der Waals surface area contributed by atoms with Gasteiger partial charge in [0, 0.05) is 37.3 Å². The van der Waals surface area contributed by atoms with Gasteiger partial charge in [-0.25, -0.2) is 0 Å². The summed E-state index contributed by atoms with van der Waals surface area (Å²) in [5.74, 6) is 0.169. The Bertz CT molecular complexity index is 1010. The summed E-state index contributed by atoms with van der Waals surface area (Å²) in [4.78, 5) is 30.5. The predicted molar refractivity (Wildman–Crippen MR) is 212 cm³/mol. The molecular formula is C43H72N4O2. The first-order chi connectivity index (χ1) is 24.0. The van der Waals surface area contributed by atoms with Crippen molar-refractivity contribution < 1.29 is 9.59 Å². The molecular weight excluding hydrogens is 604 g/mol. The number of amides is 2. The summed E-state index contributed by atoms with van der Waals surface area (Å²) in [7, 11) is 0. The van der Waals surface area contributed by atoms with Crippen molar-refractivity contribution in [2.75, 3.05) is 49.9 Å². The fraction of sp³-hybridized carbons (Fsp3) is 0.674. The highest BCUT2D eigenvalue weighted by Gasteiger charge is 2.11. The minimum atomic E-state index is 0.0845. The van der Waals surface area contributed by atoms with Gasteiger partial charge >= 0.3 is 0 Å². The van der Waals surface area contributed by atoms with E-state index in [0.717, 1.165) is 57.1 Å². The first-order valence-electron chi connectivity index (χ1n) is 20.2. The molecule has 6 nitrogen and oxygen atoms in total. The second-order valence-corrected chi connectivity index (χ2v) is 14.1. The molecule has 2 N–H and O–H groups in total. The van der Waals surface area contributed by atoms with Crippen LogP contribution in [0.25, 0.3) is 0 Å². The number of nitrogens with one attached hydrogen (secondary N) is 2. The molecule has 0 saturated carbocycles. The molecule has 0 saturated heterocycles. The minimum Gasteiger partial charge on any atom is -0.326 e. The van der Waals surface area contributed by atoms with Crippen molar-refractivity contribution in [3.63, 3.8) is 0 Å². The van der Waals surface area contributed by atoms with Gasteiger partial charge in [-0.2, -0.15) is 0 Å². The lowest BCUT2D eigenvalue weighted by atomic mass is 10.0. The van der Waals surface area contributed by atoms with E-state index in [-0.39, 0.29) is 11.8 Å². The van der Waals surface area contributed by atoms with Crippen molar-refractivity contribution in [2.24, 2.45) is 0 Å². The number of rotatable bonds is 30. The maximum Gasteiger partial charge on any atom is 0.225 e. The fourth-order valence-corrected chi connectivity index (χ4v) is 6.28. The molecule has 0 spiro atoms. The Labute approximate surface area is 301 Å². The molecule has 0 radical (unpaired) electrons. The Morgan fingerprint density at radius 3 is 1.12 bits per heavy atom. The van der Waals surface area contributed by atoms with Crippen molar-refractivity contribution >= 4 is 23.2 Å². The smallest absolute Gasteiger partial charge is 0.225 e. The molecule has 0 atom stereocenters. The van der Waals surface area contributed by atoms with Crippen LogP contribution in [0.15, 0.2) is 48.5 Å². The van der Waals surface area contributed by atoms with Crippen molar-refractivity contribution in [1.29, 1.82) is 0 Å². The molecule has 0 aliphatic carbocycles. The van der Waals surface area contributed by atoms with Crippen molar-refractivity contribution in [1.82, 2.24) is 9.80 Å². The van der Waals surface area contributed by atoms with Gasteiger partial charge in [0.1, 0.15) is 0 Å². The third-order valence-corrected chi connectivity index (χ3v) is 9.51. The molecule has 49 heavy (non-hydrogen) atoms. The van der Waals surface area contributed by atoms with Gasteiger partial charge in [-0.3, -0.25) is 9.59 Å². The van der Waals surface area contributed by atoms with Crippen LogP contribution in [0.2, 0.25) is 0 Å². The number of anilines is 2. The van der Waals surface area contributed by atoms with E-state index in [9.17, 15) is 9.59 Å². The molecule has 6 heteroatoms. The topological polar surface area (TPSA) is 64.7 Å². The molecule has 2 rings (SSSR count). The maximum atomic E-state index is 12.8. The molecule has 2 amide bonds. The summed E-state index contributed by atoms with van der Waals surface area (Å²) in [5.41, 5.74) is 4.08. The number of hydrogen-bond donors (Lipinski definition) is 2. The van der Waals surface area contributed by atoms with E-state index >= 15 is 0 Å². The van der Waals surface area contributed by atoms with E-state index in [4.69, 9.17) is 0 Å². The monoisotopic (exact) mass is 677 g/mol. The third kappa shape index (κ3) is 21.2. The van der Waals surface area contributed by atoms with Gasteiger partial charge in [-0.1, -0.05) is 129 Å². The number of benzene rings is 2. The van der Waals surface area contributed by atoms with Gasteiger partial charge < -0.3 is 20.4 Å². The number of nitrogens with zero attached hydrogens (tertiary/aromatic N) is 2. The maximum absolute atomic E-state index is 12.8. The molecule has 0 aliphatic rings. The summed E-state index contributed by atoms with van der Waals surface area (Å²) in [6.45, 7) is 15.0. The lowest BCUT2D eigenvalue weighted by Crippen LogP contribution is -2.30. The Morgan fingerprint density at radius 1 is 0.429 bits per heavy atom. The number of unbranched alkanes of at least 4 members (excludes halogenated alkanes) is 12. The first-order valence-corrected chi connectivity index (χ1v) is 20.2. The average Bonchev–Trinajstić information content (AvgIpc) is 3.11. The van der Waals surface area contributed by atoms with Crippen LogP contribution in [0.3, 0.4) is 0 Å². The van der Waals surface area contributed by atoms with Crippen LogP contribution in [-0.2, 0) is 16.0 Å². The largest absolute Gasteiger partial charge is 0.326 e. The van der Waals surface area contributed by atoms with E-state index in [2.05, 4.69) is 72.4 Å². The Hall–Kier alpha value is -2.70. The molecule has 0 aromatic heterocycles. The summed E-state index contributed by atoms with van der Waals surface area (Å²) >= 11 is 0. The highest BCUT2D eigenvalue weighted by atomic mass is 16.2. The lowest BCUT2D eigenvalue weighted by molar-refractivity contribution is -0.117. The molecule has 0 aliphatic heterocycles. The molecule has 276 valence electrons. The van der Waals surface area contributed by atoms with Gasteiger partial charge in [0.2, 0.25) is 11.8 Å². The van der Waals surface area contributed by atoms with Crippen LogP contribution < -0.4 is 10.6 Å². The minimum absolute atomic E-state index is 0.0845. The Balaban J connectivity index is 1.73. The van der Waals surface area contributed by atoms with Crippen molar-refractivity contribution in [3.8, 4) is 0 Å². The number of hydrogen-bond acceptors (Lipinski definition) is 4. The molecule has 0 fully saturated rings. The zero-order chi connectivity index (χ0) is 35.4. The van der Waals surface area contributed by atoms with E-state index < -0.39 is 0 Å². The third-order valence-electron chi connectivity index (χ3n) is 9.51. The molecule has 2 aromatic carbocycles. The van der Waals surface area contributed by atoms with Gasteiger partial charge in [-0.05, 0) is 93.7 Å². The van der Waals surface area contributed by atoms with Crippen LogP contribution in [0.5, 0.6) is 0 Å². The van der Waals surface area contributed by atoms with Gasteiger partial charge in [-0.15, -0.1) is 0 Å². The van der Waals surface area contributed by atoms with Crippen LogP contribution in [-0.4, -0.2) is 60.9 Å². The van der Waals surface area contributed by atoms with Gasteiger partial charge in [0.15, 0.2) is 0 Å². The second kappa shape index (κ2) is 28.0. The number of carbonyl (C=O) groups excluding carboxylic acids is 2. The normalized spacial score (nSPS) is 11.4. The quantitative estimate of drug-likeness (QED) is 0.0808. The predicted octanol–water partition coefficient (Wildman–Crippen LogP) is 10.9. The van der Waals surface area contributed by atoms with Crippen LogP contribution in [0.4, 0.5) is 11.4 Å². The number of carbonyl (C=O) groups is 2. The molecule has 2 aromatic rings. The highest BCUT2D eigenvalue weighted by molar-refractivity contribution is 5.91. The van der Waals surface area contributed by atoms with E-state index in [1.807, 2.05) is 24.3 Å². The second-order valence-electron chi connectivity index (χ2n) is 14.1. The molecule has 0 unspecified atom stereocenters. The molecule has 0 bridgehead atoms. The summed E-state index contributed by atoms with van der Waals surface area (Å²) < 4.78 is 0. The average molecular weight is 677 g/mol. The van der Waals surface area contributed by atoms with Crippen LogP contribution >= 0.6 is 0 Å². The Kier molecular flexibility index (Phi) is 24.3. The first kappa shape index (κ1) is 42.5. The van der Waals surface area contributed by atoms with E-state index in [0.29, 0.717) is 12.8 Å². The van der Waals surface area contributed by atoms with Crippen LogP contribution in [0.1, 0.15) is 154 Å². The zero-order valence-electron chi connectivity index (χ0n) is 32.0. The van der Waals surface area contributed by atoms with E-state index in [1.54, 1.807) is 0 Å². The van der Waals surface area contributed by atoms with Crippen molar-refractivity contribution in [3.05, 3.63) is 59.7 Å². The highest BCUT2D eigenvalue weighted by Crippen LogP contribution is 2.17. The van der Waals surface area contributed by atoms with Crippen molar-refractivity contribution in [2.45, 2.75) is 150 Å². The van der Waals surface area contributed by atoms with Gasteiger partial charge in [0.25, 0.3) is 0 Å². The standard InChI is InChI=1S/C43H72N4O2/c1-5-9-13-15-17-19-33-46(31-11-7-3)35-29-42(48)44-40-25-21-38(22-26-40)37-39-23-27-41(28-24-39)45-43(49)30-36-47(32-12-8-4)34-20-18-16-14-10-6-2/h21-28H,5-20,29-37H2,1-4H3,(H,44,48)(H,45,49). The van der Waals surface area contributed by atoms with Crippen LogP contribution in [0, 0.1) is 0 Å². The summed E-state index contributed by atoms with van der Waals surface area (Å²) in [6, 6.07) is 16.4. The Morgan fingerprint density at radius 2 is 0.755 bits per heavy atom. The lowest BCUT2D eigenvalue weighted by Gasteiger charge is -2.22. The SMILES string of the molecule is CCCCCCCCN(CCCC)CCC(=O)Nc1ccc(Cc2ccc(NC(=O)CCN(CCCC)CCCCCCCC)cc2)cc1. The summed E-state index contributed by atoms with van der Waals surface area (Å²) in [5, 5.41) is 6.20. The zero-order valence-corrected chi connectivity index (χ0v) is 32.0. The summed E-state index contributed by atoms with van der Waals surface area (Å²) in [6.07, 6.45) is 22.2. The fourth-order valence-electron chi connectivity index (χ4n) is 6.28. The molecule has 0 heterocycles. The van der Waals surface area contributed by atoms with Gasteiger partial charge in [0.05, 0.1) is 0 Å². The van der Waals surface area contributed by atoms with E-state index in [1.165, 1.54) is 114 Å².